The molecule has 2 aromatic rings. The molecule has 0 spiro atoms. The highest BCUT2D eigenvalue weighted by Crippen LogP contribution is 2.20. The number of hydrogen-bond donors (Lipinski definition) is 1. The summed E-state index contributed by atoms with van der Waals surface area (Å²) in [7, 11) is 1.97. The van der Waals surface area contributed by atoms with Gasteiger partial charge in [-0.15, -0.1) is 11.3 Å². The molecule has 0 aliphatic heterocycles. The first kappa shape index (κ1) is 10.3. The highest BCUT2D eigenvalue weighted by Gasteiger charge is 2.11. The summed E-state index contributed by atoms with van der Waals surface area (Å²) in [6.45, 7) is 0. The van der Waals surface area contributed by atoms with E-state index in [4.69, 9.17) is 0 Å². The molecule has 1 N–H and O–H groups in total. The Morgan fingerprint density at radius 1 is 1.40 bits per heavy atom. The maximum absolute atomic E-state index is 4.11. The van der Waals surface area contributed by atoms with E-state index in [0.29, 0.717) is 6.04 Å². The highest BCUT2D eigenvalue weighted by atomic mass is 32.1. The number of hydrogen-bond acceptors (Lipinski definition) is 4. The van der Waals surface area contributed by atoms with Crippen molar-refractivity contribution in [3.05, 3.63) is 46.7 Å². The van der Waals surface area contributed by atoms with Crippen molar-refractivity contribution in [2.75, 3.05) is 7.05 Å². The lowest BCUT2D eigenvalue weighted by atomic mass is 10.1. The standard InChI is InChI=1S/C11H13N3S/c1-12-10(11-7-14-8-15-11)5-9-3-2-4-13-6-9/h2-4,6-8,10,12H,5H2,1H3. The first-order valence-electron chi connectivity index (χ1n) is 4.84. The van der Waals surface area contributed by atoms with Crippen LogP contribution in [-0.2, 0) is 6.42 Å². The zero-order valence-electron chi connectivity index (χ0n) is 8.55. The summed E-state index contributed by atoms with van der Waals surface area (Å²) in [5.41, 5.74) is 3.10. The number of aromatic nitrogens is 2. The van der Waals surface area contributed by atoms with Crippen molar-refractivity contribution in [2.24, 2.45) is 0 Å². The predicted octanol–water partition coefficient (Wildman–Crippen LogP) is 2.04. The molecule has 1 unspecified atom stereocenters. The first-order chi connectivity index (χ1) is 7.40. The molecule has 0 saturated heterocycles. The van der Waals surface area contributed by atoms with Gasteiger partial charge in [0.15, 0.2) is 0 Å². The molecule has 15 heavy (non-hydrogen) atoms. The Kier molecular flexibility index (Phi) is 3.42. The van der Waals surface area contributed by atoms with Crippen LogP contribution in [0.25, 0.3) is 0 Å². The Labute approximate surface area is 93.2 Å². The molecule has 2 rings (SSSR count). The van der Waals surface area contributed by atoms with E-state index in [0.717, 1.165) is 6.42 Å². The molecule has 2 aromatic heterocycles. The number of nitrogens with zero attached hydrogens (tertiary/aromatic N) is 2. The van der Waals surface area contributed by atoms with Gasteiger partial charge in [-0.1, -0.05) is 6.07 Å². The van der Waals surface area contributed by atoms with Crippen LogP contribution in [0.4, 0.5) is 0 Å². The number of rotatable bonds is 4. The molecule has 0 saturated carbocycles. The molecule has 4 heteroatoms. The van der Waals surface area contributed by atoms with E-state index in [1.165, 1.54) is 10.4 Å². The van der Waals surface area contributed by atoms with Gasteiger partial charge in [0.2, 0.25) is 0 Å². The van der Waals surface area contributed by atoms with E-state index >= 15 is 0 Å². The summed E-state index contributed by atoms with van der Waals surface area (Å²) in [5.74, 6) is 0. The lowest BCUT2D eigenvalue weighted by molar-refractivity contribution is 0.600. The van der Waals surface area contributed by atoms with Crippen molar-refractivity contribution in [1.29, 1.82) is 0 Å². The van der Waals surface area contributed by atoms with Crippen LogP contribution in [0.3, 0.4) is 0 Å². The van der Waals surface area contributed by atoms with E-state index in [2.05, 4.69) is 21.4 Å². The van der Waals surface area contributed by atoms with Crippen LogP contribution in [0.1, 0.15) is 16.5 Å². The van der Waals surface area contributed by atoms with Crippen LogP contribution < -0.4 is 5.32 Å². The van der Waals surface area contributed by atoms with Gasteiger partial charge in [0.25, 0.3) is 0 Å². The van der Waals surface area contributed by atoms with Crippen molar-refractivity contribution < 1.29 is 0 Å². The number of pyridine rings is 1. The second-order valence-electron chi connectivity index (χ2n) is 3.31. The Hall–Kier alpha value is -1.26. The average molecular weight is 219 g/mol. The molecule has 0 aliphatic carbocycles. The van der Waals surface area contributed by atoms with Gasteiger partial charge in [0.05, 0.1) is 5.51 Å². The Morgan fingerprint density at radius 2 is 2.33 bits per heavy atom. The van der Waals surface area contributed by atoms with Crippen molar-refractivity contribution in [3.63, 3.8) is 0 Å². The molecular weight excluding hydrogens is 206 g/mol. The summed E-state index contributed by atoms with van der Waals surface area (Å²) < 4.78 is 0. The summed E-state index contributed by atoms with van der Waals surface area (Å²) in [4.78, 5) is 9.47. The SMILES string of the molecule is CNC(Cc1cccnc1)c1cncs1. The molecule has 2 heterocycles. The lowest BCUT2D eigenvalue weighted by Crippen LogP contribution is -2.17. The summed E-state index contributed by atoms with van der Waals surface area (Å²) >= 11 is 1.68. The lowest BCUT2D eigenvalue weighted by Gasteiger charge is -2.13. The first-order valence-corrected chi connectivity index (χ1v) is 5.72. The molecule has 3 nitrogen and oxygen atoms in total. The molecule has 1 atom stereocenters. The van der Waals surface area contributed by atoms with Gasteiger partial charge in [-0.2, -0.15) is 0 Å². The van der Waals surface area contributed by atoms with Crippen molar-refractivity contribution in [1.82, 2.24) is 15.3 Å². The fourth-order valence-corrected chi connectivity index (χ4v) is 2.23. The quantitative estimate of drug-likeness (QED) is 0.855. The Bertz CT molecular complexity index is 385. The Morgan fingerprint density at radius 3 is 2.93 bits per heavy atom. The summed E-state index contributed by atoms with van der Waals surface area (Å²) in [6, 6.07) is 4.40. The van der Waals surface area contributed by atoms with Gasteiger partial charge < -0.3 is 5.32 Å². The molecule has 0 aliphatic rings. The third-order valence-corrected chi connectivity index (χ3v) is 3.20. The predicted molar refractivity (Wildman–Crippen MR) is 61.9 cm³/mol. The third-order valence-electron chi connectivity index (χ3n) is 2.31. The Balaban J connectivity index is 2.10. The number of nitrogens with one attached hydrogen (secondary N) is 1. The van der Waals surface area contributed by atoms with Crippen LogP contribution in [0.15, 0.2) is 36.2 Å². The molecule has 0 radical (unpaired) electrons. The zero-order valence-corrected chi connectivity index (χ0v) is 9.37. The van der Waals surface area contributed by atoms with Crippen LogP contribution in [0, 0.1) is 0 Å². The fourth-order valence-electron chi connectivity index (χ4n) is 1.50. The minimum absolute atomic E-state index is 0.335. The molecule has 78 valence electrons. The van der Waals surface area contributed by atoms with E-state index in [1.807, 2.05) is 31.0 Å². The van der Waals surface area contributed by atoms with Gasteiger partial charge in [0.1, 0.15) is 0 Å². The normalized spacial score (nSPS) is 12.6. The topological polar surface area (TPSA) is 37.8 Å². The van der Waals surface area contributed by atoms with E-state index in [1.54, 1.807) is 17.5 Å². The van der Waals surface area contributed by atoms with Gasteiger partial charge in [-0.25, -0.2) is 0 Å². The van der Waals surface area contributed by atoms with Crippen LogP contribution >= 0.6 is 11.3 Å². The minimum Gasteiger partial charge on any atom is -0.312 e. The van der Waals surface area contributed by atoms with Gasteiger partial charge >= 0.3 is 0 Å². The van der Waals surface area contributed by atoms with Crippen molar-refractivity contribution >= 4 is 11.3 Å². The number of likely N-dealkylation sites (N-methyl/N-ethyl adjacent to an activating group) is 1. The highest BCUT2D eigenvalue weighted by molar-refractivity contribution is 7.09. The maximum Gasteiger partial charge on any atom is 0.0794 e. The number of thiazole rings is 1. The summed E-state index contributed by atoms with van der Waals surface area (Å²) in [5, 5.41) is 3.30. The van der Waals surface area contributed by atoms with Crippen molar-refractivity contribution in [3.8, 4) is 0 Å². The second-order valence-corrected chi connectivity index (χ2v) is 4.23. The minimum atomic E-state index is 0.335. The molecule has 0 amide bonds. The van der Waals surface area contributed by atoms with Crippen LogP contribution in [-0.4, -0.2) is 17.0 Å². The van der Waals surface area contributed by atoms with Gasteiger partial charge in [-0.05, 0) is 25.1 Å². The second kappa shape index (κ2) is 5.00. The van der Waals surface area contributed by atoms with Crippen molar-refractivity contribution in [2.45, 2.75) is 12.5 Å². The molecular formula is C11H13N3S. The fraction of sp³-hybridized carbons (Fsp3) is 0.273. The van der Waals surface area contributed by atoms with Gasteiger partial charge in [-0.3, -0.25) is 9.97 Å². The monoisotopic (exact) mass is 219 g/mol. The van der Waals surface area contributed by atoms with E-state index in [9.17, 15) is 0 Å². The molecule has 0 bridgehead atoms. The third kappa shape index (κ3) is 2.61. The zero-order chi connectivity index (χ0) is 10.5. The van der Waals surface area contributed by atoms with Crippen LogP contribution in [0.2, 0.25) is 0 Å². The maximum atomic E-state index is 4.11. The van der Waals surface area contributed by atoms with Gasteiger partial charge in [0, 0.05) is 29.5 Å². The average Bonchev–Trinajstić information content (AvgIpc) is 2.81. The largest absolute Gasteiger partial charge is 0.312 e. The van der Waals surface area contributed by atoms with E-state index < -0.39 is 0 Å². The molecule has 0 aromatic carbocycles. The van der Waals surface area contributed by atoms with Crippen LogP contribution in [0.5, 0.6) is 0 Å². The smallest absolute Gasteiger partial charge is 0.0794 e. The summed E-state index contributed by atoms with van der Waals surface area (Å²) in [6.07, 6.45) is 6.57. The molecule has 0 fully saturated rings. The van der Waals surface area contributed by atoms with E-state index in [-0.39, 0.29) is 0 Å².